The maximum atomic E-state index is 9.92. The summed E-state index contributed by atoms with van der Waals surface area (Å²) < 4.78 is 1.85. The topological polar surface area (TPSA) is 38.1 Å². The van der Waals surface area contributed by atoms with Crippen molar-refractivity contribution < 1.29 is 5.11 Å². The zero-order chi connectivity index (χ0) is 12.1. The first-order valence-corrected chi connectivity index (χ1v) is 6.87. The van der Waals surface area contributed by atoms with Gasteiger partial charge in [0.25, 0.3) is 0 Å². The standard InChI is InChI=1S/C12H22N2OS/c1-5-10(3)16-8-12(15)7-11-6-9(2)13-14(11)4/h6,10,12,15H,5,7-8H2,1-4H3. The number of aryl methyl sites for hydroxylation is 2. The fraction of sp³-hybridized carbons (Fsp3) is 0.750. The molecule has 2 atom stereocenters. The maximum absolute atomic E-state index is 9.92. The molecule has 0 saturated carbocycles. The highest BCUT2D eigenvalue weighted by Crippen LogP contribution is 2.16. The maximum Gasteiger partial charge on any atom is 0.0685 e. The minimum absolute atomic E-state index is 0.270. The molecule has 0 amide bonds. The van der Waals surface area contributed by atoms with Gasteiger partial charge in [0, 0.05) is 30.2 Å². The first-order chi connectivity index (χ1) is 7.52. The normalized spacial score (nSPS) is 15.1. The number of nitrogens with zero attached hydrogens (tertiary/aromatic N) is 2. The predicted octanol–water partition coefficient (Wildman–Crippen LogP) is 2.16. The summed E-state index contributed by atoms with van der Waals surface area (Å²) in [5.41, 5.74) is 2.12. The molecule has 0 aliphatic carbocycles. The summed E-state index contributed by atoms with van der Waals surface area (Å²) in [4.78, 5) is 0. The molecule has 2 unspecified atom stereocenters. The van der Waals surface area contributed by atoms with Gasteiger partial charge in [-0.25, -0.2) is 0 Å². The van der Waals surface area contributed by atoms with Crippen LogP contribution in [-0.2, 0) is 13.5 Å². The lowest BCUT2D eigenvalue weighted by atomic mass is 10.2. The molecule has 3 nitrogen and oxygen atoms in total. The third-order valence-electron chi connectivity index (χ3n) is 2.69. The van der Waals surface area contributed by atoms with Crippen LogP contribution in [0.25, 0.3) is 0 Å². The van der Waals surface area contributed by atoms with Crippen LogP contribution in [0.15, 0.2) is 6.07 Å². The van der Waals surface area contributed by atoms with Crippen molar-refractivity contribution in [3.05, 3.63) is 17.5 Å². The molecule has 0 spiro atoms. The molecule has 0 aliphatic heterocycles. The fourth-order valence-corrected chi connectivity index (χ4v) is 2.45. The van der Waals surface area contributed by atoms with Crippen molar-refractivity contribution in [2.75, 3.05) is 5.75 Å². The number of aliphatic hydroxyl groups excluding tert-OH is 1. The van der Waals surface area contributed by atoms with E-state index in [9.17, 15) is 5.11 Å². The third-order valence-corrected chi connectivity index (χ3v) is 4.17. The summed E-state index contributed by atoms with van der Waals surface area (Å²) >= 11 is 1.84. The quantitative estimate of drug-likeness (QED) is 0.831. The summed E-state index contributed by atoms with van der Waals surface area (Å²) in [7, 11) is 1.93. The molecule has 16 heavy (non-hydrogen) atoms. The minimum atomic E-state index is -0.270. The smallest absolute Gasteiger partial charge is 0.0685 e. The van der Waals surface area contributed by atoms with E-state index in [1.165, 1.54) is 0 Å². The zero-order valence-corrected chi connectivity index (χ0v) is 11.4. The number of thioether (sulfide) groups is 1. The van der Waals surface area contributed by atoms with Crippen molar-refractivity contribution in [1.82, 2.24) is 9.78 Å². The van der Waals surface area contributed by atoms with Crippen LogP contribution in [-0.4, -0.2) is 32.0 Å². The van der Waals surface area contributed by atoms with E-state index in [1.54, 1.807) is 0 Å². The molecule has 1 aromatic rings. The van der Waals surface area contributed by atoms with Crippen LogP contribution >= 0.6 is 11.8 Å². The van der Waals surface area contributed by atoms with Gasteiger partial charge in [0.05, 0.1) is 11.8 Å². The summed E-state index contributed by atoms with van der Waals surface area (Å²) in [6, 6.07) is 2.04. The lowest BCUT2D eigenvalue weighted by molar-refractivity contribution is 0.197. The average Bonchev–Trinajstić information content (AvgIpc) is 2.54. The lowest BCUT2D eigenvalue weighted by Gasteiger charge is -2.13. The van der Waals surface area contributed by atoms with Gasteiger partial charge in [0.1, 0.15) is 0 Å². The molecule has 0 radical (unpaired) electrons. The Labute approximate surface area is 102 Å². The number of hydrogen-bond donors (Lipinski definition) is 1. The van der Waals surface area contributed by atoms with E-state index in [1.807, 2.05) is 36.5 Å². The van der Waals surface area contributed by atoms with Crippen LogP contribution in [0.3, 0.4) is 0 Å². The molecule has 0 fully saturated rings. The molecular formula is C12H22N2OS. The van der Waals surface area contributed by atoms with Crippen LogP contribution in [0.1, 0.15) is 31.7 Å². The van der Waals surface area contributed by atoms with Gasteiger partial charge in [-0.05, 0) is 19.4 Å². The molecule has 0 aliphatic rings. The zero-order valence-electron chi connectivity index (χ0n) is 10.6. The number of aliphatic hydroxyl groups is 1. The molecule has 1 N–H and O–H groups in total. The summed E-state index contributed by atoms with van der Waals surface area (Å²) in [5.74, 6) is 0.805. The van der Waals surface area contributed by atoms with Gasteiger partial charge in [-0.15, -0.1) is 0 Å². The number of hydrogen-bond acceptors (Lipinski definition) is 3. The second kappa shape index (κ2) is 6.30. The summed E-state index contributed by atoms with van der Waals surface area (Å²) in [6.07, 6.45) is 1.58. The van der Waals surface area contributed by atoms with Crippen molar-refractivity contribution in [3.8, 4) is 0 Å². The molecule has 0 bridgehead atoms. The van der Waals surface area contributed by atoms with E-state index in [2.05, 4.69) is 18.9 Å². The molecular weight excluding hydrogens is 220 g/mol. The number of aromatic nitrogens is 2. The van der Waals surface area contributed by atoms with Gasteiger partial charge in [-0.1, -0.05) is 13.8 Å². The minimum Gasteiger partial charge on any atom is -0.392 e. The van der Waals surface area contributed by atoms with Gasteiger partial charge in [-0.3, -0.25) is 4.68 Å². The van der Waals surface area contributed by atoms with Crippen molar-refractivity contribution in [2.45, 2.75) is 45.0 Å². The summed E-state index contributed by atoms with van der Waals surface area (Å²) in [6.45, 7) is 6.35. The largest absolute Gasteiger partial charge is 0.392 e. The Balaban J connectivity index is 2.39. The first kappa shape index (κ1) is 13.6. The first-order valence-electron chi connectivity index (χ1n) is 5.82. The van der Waals surface area contributed by atoms with E-state index >= 15 is 0 Å². The highest BCUT2D eigenvalue weighted by Gasteiger charge is 2.11. The average molecular weight is 242 g/mol. The van der Waals surface area contributed by atoms with Crippen molar-refractivity contribution in [1.29, 1.82) is 0 Å². The van der Waals surface area contributed by atoms with Gasteiger partial charge in [0.2, 0.25) is 0 Å². The Hall–Kier alpha value is -0.480. The highest BCUT2D eigenvalue weighted by atomic mass is 32.2. The predicted molar refractivity (Wildman–Crippen MR) is 69.9 cm³/mol. The van der Waals surface area contributed by atoms with Crippen molar-refractivity contribution in [2.24, 2.45) is 7.05 Å². The third kappa shape index (κ3) is 4.18. The van der Waals surface area contributed by atoms with Gasteiger partial charge < -0.3 is 5.11 Å². The van der Waals surface area contributed by atoms with Crippen molar-refractivity contribution >= 4 is 11.8 Å². The lowest BCUT2D eigenvalue weighted by Crippen LogP contribution is -2.17. The van der Waals surface area contributed by atoms with Gasteiger partial charge >= 0.3 is 0 Å². The summed E-state index contributed by atoms with van der Waals surface area (Å²) in [5, 5.41) is 14.8. The Bertz CT molecular complexity index is 325. The van der Waals surface area contributed by atoms with Crippen LogP contribution in [0.2, 0.25) is 0 Å². The van der Waals surface area contributed by atoms with Crippen molar-refractivity contribution in [3.63, 3.8) is 0 Å². The Morgan fingerprint density at radius 1 is 1.56 bits per heavy atom. The Morgan fingerprint density at radius 3 is 2.75 bits per heavy atom. The monoisotopic (exact) mass is 242 g/mol. The molecule has 4 heteroatoms. The molecule has 92 valence electrons. The Kier molecular flexibility index (Phi) is 5.35. The second-order valence-corrected chi connectivity index (χ2v) is 5.78. The van der Waals surface area contributed by atoms with E-state index in [4.69, 9.17) is 0 Å². The van der Waals surface area contributed by atoms with Crippen LogP contribution < -0.4 is 0 Å². The van der Waals surface area contributed by atoms with E-state index in [-0.39, 0.29) is 6.10 Å². The second-order valence-electron chi connectivity index (χ2n) is 4.31. The van der Waals surface area contributed by atoms with Crippen LogP contribution in [0, 0.1) is 6.92 Å². The molecule has 1 aromatic heterocycles. The van der Waals surface area contributed by atoms with Gasteiger partial charge in [-0.2, -0.15) is 16.9 Å². The van der Waals surface area contributed by atoms with Crippen LogP contribution in [0.4, 0.5) is 0 Å². The Morgan fingerprint density at radius 2 is 2.25 bits per heavy atom. The number of rotatable bonds is 6. The molecule has 1 heterocycles. The highest BCUT2D eigenvalue weighted by molar-refractivity contribution is 7.99. The molecule has 0 saturated heterocycles. The van der Waals surface area contributed by atoms with Crippen LogP contribution in [0.5, 0.6) is 0 Å². The van der Waals surface area contributed by atoms with E-state index in [0.717, 1.165) is 23.6 Å². The molecule has 0 aromatic carbocycles. The van der Waals surface area contributed by atoms with Gasteiger partial charge in [0.15, 0.2) is 0 Å². The van der Waals surface area contributed by atoms with E-state index < -0.39 is 0 Å². The van der Waals surface area contributed by atoms with E-state index in [0.29, 0.717) is 11.7 Å². The molecule has 1 rings (SSSR count). The fourth-order valence-electron chi connectivity index (χ4n) is 1.55. The SMILES string of the molecule is CCC(C)SCC(O)Cc1cc(C)nn1C.